The zero-order chi connectivity index (χ0) is 22.2. The number of nitrogens with zero attached hydrogens (tertiary/aromatic N) is 1. The van der Waals surface area contributed by atoms with Gasteiger partial charge in [-0.3, -0.25) is 24.6 Å². The van der Waals surface area contributed by atoms with Gasteiger partial charge in [0.1, 0.15) is 11.6 Å². The minimum atomic E-state index is -0.454. The van der Waals surface area contributed by atoms with Crippen molar-refractivity contribution in [3.8, 4) is 0 Å². The molecule has 7 heteroatoms. The molecule has 1 spiro atoms. The smallest absolute Gasteiger partial charge is 0.320 e. The highest BCUT2D eigenvalue weighted by Crippen LogP contribution is 2.48. The molecule has 7 nitrogen and oxygen atoms in total. The summed E-state index contributed by atoms with van der Waals surface area (Å²) in [7, 11) is 0. The fourth-order valence-corrected chi connectivity index (χ4v) is 5.22. The Morgan fingerprint density at radius 1 is 1.19 bits per heavy atom. The minimum Gasteiger partial charge on any atom is -0.459 e. The van der Waals surface area contributed by atoms with E-state index < -0.39 is 5.60 Å². The summed E-state index contributed by atoms with van der Waals surface area (Å²) in [5, 5.41) is 5.82. The molecule has 168 valence electrons. The van der Waals surface area contributed by atoms with Crippen LogP contribution in [0.15, 0.2) is 18.2 Å². The third kappa shape index (κ3) is 4.76. The number of carbonyl (C=O) groups excluding carboxylic acids is 3. The topological polar surface area (TPSA) is 87.7 Å². The van der Waals surface area contributed by atoms with Gasteiger partial charge in [0, 0.05) is 12.1 Å². The Morgan fingerprint density at radius 3 is 2.61 bits per heavy atom. The van der Waals surface area contributed by atoms with Gasteiger partial charge in [-0.1, -0.05) is 12.1 Å². The second-order valence-electron chi connectivity index (χ2n) is 10.1. The molecule has 1 unspecified atom stereocenters. The van der Waals surface area contributed by atoms with Crippen LogP contribution >= 0.6 is 0 Å². The summed E-state index contributed by atoms with van der Waals surface area (Å²) >= 11 is 0. The van der Waals surface area contributed by atoms with Crippen LogP contribution < -0.4 is 10.6 Å². The van der Waals surface area contributed by atoms with Crippen LogP contribution in [0.2, 0.25) is 0 Å². The first-order chi connectivity index (χ1) is 14.7. The molecule has 2 saturated heterocycles. The molecule has 0 radical (unpaired) electrons. The first-order valence-electron chi connectivity index (χ1n) is 11.3. The molecule has 1 aromatic rings. The third-order valence-electron chi connectivity index (χ3n) is 6.76. The Bertz CT molecular complexity index is 881. The quantitative estimate of drug-likeness (QED) is 0.567. The molecule has 3 aliphatic rings. The first-order valence-corrected chi connectivity index (χ1v) is 11.3. The number of rotatable bonds is 4. The number of fused-ring (bicyclic) bond motifs is 2. The number of amides is 2. The van der Waals surface area contributed by atoms with E-state index in [0.29, 0.717) is 19.4 Å². The Morgan fingerprint density at radius 2 is 1.94 bits per heavy atom. The number of ether oxygens (including phenoxy) is 1. The van der Waals surface area contributed by atoms with Crippen molar-refractivity contribution in [2.24, 2.45) is 0 Å². The molecule has 0 aromatic heterocycles. The van der Waals surface area contributed by atoms with Crippen molar-refractivity contribution in [3.63, 3.8) is 0 Å². The molecular weight excluding hydrogens is 394 g/mol. The predicted molar refractivity (Wildman–Crippen MR) is 118 cm³/mol. The normalized spacial score (nSPS) is 23.4. The van der Waals surface area contributed by atoms with Crippen LogP contribution in [0, 0.1) is 0 Å². The number of benzene rings is 1. The summed E-state index contributed by atoms with van der Waals surface area (Å²) in [5.41, 5.74) is 3.38. The molecule has 2 N–H and O–H groups in total. The highest BCUT2D eigenvalue weighted by Gasteiger charge is 2.42. The van der Waals surface area contributed by atoms with Gasteiger partial charge in [0.2, 0.25) is 11.8 Å². The van der Waals surface area contributed by atoms with Crippen LogP contribution in [0.3, 0.4) is 0 Å². The van der Waals surface area contributed by atoms with Crippen molar-refractivity contribution in [3.05, 3.63) is 29.3 Å². The average molecular weight is 428 g/mol. The van der Waals surface area contributed by atoms with Crippen LogP contribution in [0.4, 0.5) is 5.69 Å². The monoisotopic (exact) mass is 427 g/mol. The van der Waals surface area contributed by atoms with E-state index >= 15 is 0 Å². The average Bonchev–Trinajstić information content (AvgIpc) is 3.04. The van der Waals surface area contributed by atoms with Crippen LogP contribution in [0.5, 0.6) is 0 Å². The molecule has 1 aromatic carbocycles. The van der Waals surface area contributed by atoms with Gasteiger partial charge in [0.05, 0.1) is 6.54 Å². The second-order valence-corrected chi connectivity index (χ2v) is 10.1. The zero-order valence-corrected chi connectivity index (χ0v) is 18.8. The zero-order valence-electron chi connectivity index (χ0n) is 18.8. The highest BCUT2D eigenvalue weighted by molar-refractivity contribution is 6.01. The number of esters is 1. The Balaban J connectivity index is 1.41. The van der Waals surface area contributed by atoms with Gasteiger partial charge in [-0.2, -0.15) is 0 Å². The second kappa shape index (κ2) is 8.26. The lowest BCUT2D eigenvalue weighted by atomic mass is 9.74. The molecule has 2 amide bonds. The lowest BCUT2D eigenvalue weighted by molar-refractivity contribution is -0.156. The molecular formula is C24H33N3O4. The molecule has 1 atom stereocenters. The highest BCUT2D eigenvalue weighted by atomic mass is 16.6. The van der Waals surface area contributed by atoms with Crippen LogP contribution in [0.25, 0.3) is 0 Å². The number of imide groups is 1. The van der Waals surface area contributed by atoms with Crippen molar-refractivity contribution in [1.82, 2.24) is 10.2 Å². The van der Waals surface area contributed by atoms with E-state index in [0.717, 1.165) is 44.5 Å². The standard InChI is InChI=1S/C24H33N3O4/c1-23(2,3)31-21(29)15-27-13-11-24(12-14-27)10-9-16-17(24)5-4-6-18(16)25-19-7-8-20(28)26-22(19)30/h4-6,19,25H,7-15H2,1-3H3,(H,26,28,30). The van der Waals surface area contributed by atoms with E-state index in [1.54, 1.807) is 0 Å². The first kappa shape index (κ1) is 21.8. The summed E-state index contributed by atoms with van der Waals surface area (Å²) in [6.07, 6.45) is 5.01. The van der Waals surface area contributed by atoms with Gasteiger partial charge in [-0.25, -0.2) is 0 Å². The molecule has 2 aliphatic heterocycles. The Labute approximate surface area is 183 Å². The third-order valence-corrected chi connectivity index (χ3v) is 6.76. The van der Waals surface area contributed by atoms with Gasteiger partial charge in [-0.15, -0.1) is 0 Å². The van der Waals surface area contributed by atoms with E-state index in [4.69, 9.17) is 4.74 Å². The number of anilines is 1. The van der Waals surface area contributed by atoms with Gasteiger partial charge >= 0.3 is 5.97 Å². The van der Waals surface area contributed by atoms with Gasteiger partial charge in [0.15, 0.2) is 0 Å². The Hall–Kier alpha value is -2.41. The van der Waals surface area contributed by atoms with E-state index in [2.05, 4.69) is 27.7 Å². The molecule has 31 heavy (non-hydrogen) atoms. The molecule has 0 bridgehead atoms. The maximum absolute atomic E-state index is 12.2. The van der Waals surface area contributed by atoms with Crippen LogP contribution in [0.1, 0.15) is 64.0 Å². The van der Waals surface area contributed by atoms with Crippen molar-refractivity contribution in [2.45, 2.75) is 76.4 Å². The van der Waals surface area contributed by atoms with Gasteiger partial charge < -0.3 is 10.1 Å². The van der Waals surface area contributed by atoms with E-state index in [1.807, 2.05) is 26.8 Å². The van der Waals surface area contributed by atoms with E-state index in [9.17, 15) is 14.4 Å². The predicted octanol–water partition coefficient (Wildman–Crippen LogP) is 2.53. The van der Waals surface area contributed by atoms with E-state index in [1.165, 1.54) is 11.1 Å². The van der Waals surface area contributed by atoms with Crippen molar-refractivity contribution in [2.75, 3.05) is 25.0 Å². The maximum Gasteiger partial charge on any atom is 0.320 e. The summed E-state index contributed by atoms with van der Waals surface area (Å²) in [4.78, 5) is 38.0. The number of carbonyl (C=O) groups is 3. The fourth-order valence-electron chi connectivity index (χ4n) is 5.22. The fraction of sp³-hybridized carbons (Fsp3) is 0.625. The van der Waals surface area contributed by atoms with Crippen molar-refractivity contribution < 1.29 is 19.1 Å². The SMILES string of the molecule is CC(C)(C)OC(=O)CN1CCC2(CCc3c(NC4CCC(=O)NC4=O)cccc32)CC1. The summed E-state index contributed by atoms with van der Waals surface area (Å²) in [5.74, 6) is -0.596. The van der Waals surface area contributed by atoms with Crippen molar-refractivity contribution in [1.29, 1.82) is 0 Å². The van der Waals surface area contributed by atoms with Crippen LogP contribution in [-0.2, 0) is 31.0 Å². The molecule has 1 aliphatic carbocycles. The molecule has 2 fully saturated rings. The van der Waals surface area contributed by atoms with Crippen LogP contribution in [-0.4, -0.2) is 54.0 Å². The number of likely N-dealkylation sites (tertiary alicyclic amines) is 1. The summed E-state index contributed by atoms with van der Waals surface area (Å²) in [6.45, 7) is 7.79. The summed E-state index contributed by atoms with van der Waals surface area (Å²) < 4.78 is 5.47. The molecule has 4 rings (SSSR count). The summed E-state index contributed by atoms with van der Waals surface area (Å²) in [6, 6.07) is 5.96. The lowest BCUT2D eigenvalue weighted by Gasteiger charge is -2.40. The Kier molecular flexibility index (Phi) is 5.81. The number of piperidine rings is 2. The minimum absolute atomic E-state index is 0.141. The number of hydrogen-bond donors (Lipinski definition) is 2. The maximum atomic E-state index is 12.2. The lowest BCUT2D eigenvalue weighted by Crippen LogP contribution is -2.47. The largest absolute Gasteiger partial charge is 0.459 e. The number of hydrogen-bond acceptors (Lipinski definition) is 6. The van der Waals surface area contributed by atoms with E-state index in [-0.39, 0.29) is 29.2 Å². The molecule has 0 saturated carbocycles. The number of nitrogens with one attached hydrogen (secondary N) is 2. The van der Waals surface area contributed by atoms with Crippen molar-refractivity contribution >= 4 is 23.5 Å². The van der Waals surface area contributed by atoms with Gasteiger partial charge in [-0.05, 0) is 88.6 Å². The van der Waals surface area contributed by atoms with Gasteiger partial charge in [0.25, 0.3) is 0 Å². The molecule has 2 heterocycles.